The molecule has 0 bridgehead atoms. The van der Waals surface area contributed by atoms with Crippen molar-refractivity contribution in [1.29, 1.82) is 5.26 Å². The van der Waals surface area contributed by atoms with Crippen molar-refractivity contribution < 1.29 is 18.3 Å². The Hall–Kier alpha value is -3.36. The zero-order valence-corrected chi connectivity index (χ0v) is 19.5. The van der Waals surface area contributed by atoms with Gasteiger partial charge in [0.2, 0.25) is 0 Å². The number of thiazole rings is 1. The number of hydrogen-bond acceptors (Lipinski definition) is 8. The summed E-state index contributed by atoms with van der Waals surface area (Å²) < 4.78 is 36.0. The van der Waals surface area contributed by atoms with Gasteiger partial charge in [-0.25, -0.2) is 9.78 Å². The molecule has 180 valence electrons. The maximum absolute atomic E-state index is 14.7. The lowest BCUT2D eigenvalue weighted by molar-refractivity contribution is -0.135. The summed E-state index contributed by atoms with van der Waals surface area (Å²) in [5.41, 5.74) is -1.09. The molecule has 0 unspecified atom stereocenters. The fraction of sp³-hybridized carbons (Fsp3) is 0.391. The molecule has 0 aliphatic carbocycles. The molecule has 1 fully saturated rings. The lowest BCUT2D eigenvalue weighted by atomic mass is 10.2. The molecule has 1 saturated heterocycles. The number of likely N-dealkylation sites (tertiary alicyclic amines) is 1. The van der Waals surface area contributed by atoms with Gasteiger partial charge in [-0.3, -0.25) is 14.3 Å². The molecule has 1 N–H and O–H groups in total. The first-order valence-electron chi connectivity index (χ1n) is 10.8. The Kier molecular flexibility index (Phi) is 8.31. The lowest BCUT2D eigenvalue weighted by Gasteiger charge is -2.22. The van der Waals surface area contributed by atoms with Crippen molar-refractivity contribution in [3.8, 4) is 6.07 Å². The van der Waals surface area contributed by atoms with Gasteiger partial charge in [-0.1, -0.05) is 18.7 Å². The van der Waals surface area contributed by atoms with Gasteiger partial charge in [0.05, 0.1) is 6.54 Å². The zero-order valence-electron chi connectivity index (χ0n) is 18.7. The van der Waals surface area contributed by atoms with E-state index in [-0.39, 0.29) is 39.4 Å². The molecular formula is C23H25F2N5O3S. The van der Waals surface area contributed by atoms with Gasteiger partial charge in [0, 0.05) is 12.7 Å². The van der Waals surface area contributed by atoms with Crippen LogP contribution >= 0.6 is 11.3 Å². The number of carbonyl (C=O) groups is 1. The van der Waals surface area contributed by atoms with E-state index in [1.807, 2.05) is 0 Å². The van der Waals surface area contributed by atoms with Crippen molar-refractivity contribution in [1.82, 2.24) is 14.5 Å². The fourth-order valence-electron chi connectivity index (χ4n) is 3.54. The van der Waals surface area contributed by atoms with Crippen LogP contribution in [0.3, 0.4) is 0 Å². The zero-order chi connectivity index (χ0) is 24.7. The van der Waals surface area contributed by atoms with Crippen molar-refractivity contribution in [3.05, 3.63) is 56.1 Å². The summed E-state index contributed by atoms with van der Waals surface area (Å²) >= 11 is 0.919. The molecule has 0 atom stereocenters. The van der Waals surface area contributed by atoms with Crippen LogP contribution in [-0.4, -0.2) is 46.7 Å². The number of nitrogens with one attached hydrogen (secondary N) is 1. The number of carbonyl (C=O) groups excluding carboxylic acids is 1. The van der Waals surface area contributed by atoms with E-state index in [4.69, 9.17) is 4.74 Å². The minimum Gasteiger partial charge on any atom is -0.457 e. The van der Waals surface area contributed by atoms with Gasteiger partial charge >= 0.3 is 11.9 Å². The summed E-state index contributed by atoms with van der Waals surface area (Å²) in [5.74, 6) is -3.83. The van der Waals surface area contributed by atoms with Gasteiger partial charge in [0.25, 0.3) is 5.56 Å². The number of ether oxygens (including phenoxy) is 1. The number of nitrogens with zero attached hydrogens (tertiary/aromatic N) is 4. The Morgan fingerprint density at radius 1 is 1.41 bits per heavy atom. The topological polar surface area (TPSA) is 100 Å². The van der Waals surface area contributed by atoms with E-state index in [2.05, 4.69) is 16.9 Å². The summed E-state index contributed by atoms with van der Waals surface area (Å²) in [6.45, 7) is 6.20. The van der Waals surface area contributed by atoms with E-state index in [0.29, 0.717) is 13.1 Å². The lowest BCUT2D eigenvalue weighted by Crippen LogP contribution is -2.34. The molecule has 3 rings (SSSR count). The third kappa shape index (κ3) is 5.76. The molecule has 2 aromatic heterocycles. The van der Waals surface area contributed by atoms with E-state index < -0.39 is 24.0 Å². The average molecular weight is 490 g/mol. The molecule has 0 spiro atoms. The SMILES string of the molecule is C=CCOC(=O)/C(C#N)=c1\s/c(=C/Nc2cccc(C(F)(F)CN3CCCC3)n2)c(=O)n1CC. The second-order valence-corrected chi connectivity index (χ2v) is 8.61. The molecule has 3 heterocycles. The van der Waals surface area contributed by atoms with E-state index in [1.54, 1.807) is 17.9 Å². The van der Waals surface area contributed by atoms with Crippen molar-refractivity contribution in [2.24, 2.45) is 0 Å². The molecule has 8 nitrogen and oxygen atoms in total. The molecule has 0 saturated carbocycles. The normalized spacial score (nSPS) is 15.6. The molecular weight excluding hydrogens is 464 g/mol. The van der Waals surface area contributed by atoms with Crippen LogP contribution in [0, 0.1) is 11.3 Å². The summed E-state index contributed by atoms with van der Waals surface area (Å²) in [4.78, 5) is 30.7. The van der Waals surface area contributed by atoms with Crippen molar-refractivity contribution >= 4 is 34.9 Å². The highest BCUT2D eigenvalue weighted by Crippen LogP contribution is 2.29. The molecule has 0 radical (unpaired) electrons. The summed E-state index contributed by atoms with van der Waals surface area (Å²) in [6, 6.07) is 6.05. The molecule has 0 aromatic carbocycles. The van der Waals surface area contributed by atoms with E-state index in [9.17, 15) is 23.6 Å². The van der Waals surface area contributed by atoms with Gasteiger partial charge in [0.1, 0.15) is 33.4 Å². The number of hydrogen-bond donors (Lipinski definition) is 1. The quantitative estimate of drug-likeness (QED) is 0.423. The maximum atomic E-state index is 14.7. The number of anilines is 1. The van der Waals surface area contributed by atoms with Gasteiger partial charge in [-0.2, -0.15) is 14.0 Å². The summed E-state index contributed by atoms with van der Waals surface area (Å²) in [6.07, 6.45) is 4.52. The minimum atomic E-state index is -3.12. The predicted octanol–water partition coefficient (Wildman–Crippen LogP) is 1.77. The van der Waals surface area contributed by atoms with Gasteiger partial charge in [0.15, 0.2) is 5.57 Å². The van der Waals surface area contributed by atoms with E-state index in [1.165, 1.54) is 35.0 Å². The monoisotopic (exact) mass is 489 g/mol. The smallest absolute Gasteiger partial charge is 0.352 e. The van der Waals surface area contributed by atoms with Crippen LogP contribution in [0.25, 0.3) is 11.8 Å². The van der Waals surface area contributed by atoms with Gasteiger partial charge in [-0.15, -0.1) is 11.3 Å². The Balaban J connectivity index is 1.92. The Labute approximate surface area is 199 Å². The predicted molar refractivity (Wildman–Crippen MR) is 126 cm³/mol. The van der Waals surface area contributed by atoms with Crippen LogP contribution in [0.5, 0.6) is 0 Å². The first-order chi connectivity index (χ1) is 16.3. The number of esters is 1. The van der Waals surface area contributed by atoms with Crippen LogP contribution in [-0.2, 0) is 22.0 Å². The standard InChI is InChI=1S/C23H25F2N5O3S/c1-3-12-33-22(32)16(13-26)21-30(4-2)20(31)17(34-21)14-27-19-9-7-8-18(28-19)23(24,25)15-29-10-5-6-11-29/h3,7-9,14H,1,4-6,10-12,15H2,2H3,(H,27,28)/b17-14+,21-16-. The van der Waals surface area contributed by atoms with Gasteiger partial charge in [-0.05, 0) is 45.0 Å². The van der Waals surface area contributed by atoms with Crippen molar-refractivity contribution in [2.45, 2.75) is 32.2 Å². The number of nitriles is 1. The largest absolute Gasteiger partial charge is 0.457 e. The number of pyridine rings is 1. The highest BCUT2D eigenvalue weighted by atomic mass is 32.1. The van der Waals surface area contributed by atoms with Crippen LogP contribution in [0.2, 0.25) is 0 Å². The average Bonchev–Trinajstić information content (AvgIpc) is 3.44. The summed E-state index contributed by atoms with van der Waals surface area (Å²) in [5, 5.41) is 12.2. The van der Waals surface area contributed by atoms with Gasteiger partial charge < -0.3 is 10.1 Å². The number of alkyl halides is 2. The maximum Gasteiger partial charge on any atom is 0.352 e. The molecule has 1 aliphatic rings. The number of halogens is 2. The highest BCUT2D eigenvalue weighted by molar-refractivity contribution is 7.07. The summed E-state index contributed by atoms with van der Waals surface area (Å²) in [7, 11) is 0. The number of rotatable bonds is 9. The Bertz CT molecular complexity index is 1270. The third-order valence-electron chi connectivity index (χ3n) is 5.18. The third-order valence-corrected chi connectivity index (χ3v) is 6.31. The van der Waals surface area contributed by atoms with Crippen molar-refractivity contribution in [2.75, 3.05) is 31.6 Å². The van der Waals surface area contributed by atoms with Crippen LogP contribution in [0.4, 0.5) is 14.6 Å². The Morgan fingerprint density at radius 3 is 2.79 bits per heavy atom. The van der Waals surface area contributed by atoms with E-state index >= 15 is 0 Å². The number of aromatic nitrogens is 2. The van der Waals surface area contributed by atoms with Crippen molar-refractivity contribution in [3.63, 3.8) is 0 Å². The molecule has 2 aromatic rings. The fourth-order valence-corrected chi connectivity index (χ4v) is 4.62. The second kappa shape index (κ2) is 11.2. The van der Waals surface area contributed by atoms with Crippen LogP contribution in [0.15, 0.2) is 35.6 Å². The molecule has 34 heavy (non-hydrogen) atoms. The molecule has 11 heteroatoms. The first kappa shape index (κ1) is 25.3. The van der Waals surface area contributed by atoms with Crippen LogP contribution in [0.1, 0.15) is 25.5 Å². The first-order valence-corrected chi connectivity index (χ1v) is 11.6. The second-order valence-electron chi connectivity index (χ2n) is 7.58. The minimum absolute atomic E-state index is 0.0727. The van der Waals surface area contributed by atoms with Crippen LogP contribution < -0.4 is 20.1 Å². The highest BCUT2D eigenvalue weighted by Gasteiger charge is 2.36. The Morgan fingerprint density at radius 2 is 2.15 bits per heavy atom. The van der Waals surface area contributed by atoms with E-state index in [0.717, 1.165) is 24.2 Å². The molecule has 0 amide bonds. The molecule has 1 aliphatic heterocycles.